The van der Waals surface area contributed by atoms with E-state index in [1.54, 1.807) is 48.2 Å². The van der Waals surface area contributed by atoms with Crippen molar-refractivity contribution in [3.63, 3.8) is 0 Å². The summed E-state index contributed by atoms with van der Waals surface area (Å²) in [6.45, 7) is 6.41. The molecule has 0 spiro atoms. The third kappa shape index (κ3) is 11.7. The van der Waals surface area contributed by atoms with Gasteiger partial charge in [0.2, 0.25) is 11.8 Å². The van der Waals surface area contributed by atoms with E-state index in [2.05, 4.69) is 25.9 Å². The van der Waals surface area contributed by atoms with Gasteiger partial charge in [-0.25, -0.2) is 14.2 Å². The van der Waals surface area contributed by atoms with Crippen molar-refractivity contribution >= 4 is 29.4 Å². The van der Waals surface area contributed by atoms with Crippen LogP contribution in [0, 0.1) is 11.8 Å². The van der Waals surface area contributed by atoms with Crippen LogP contribution >= 0.6 is 0 Å². The third-order valence-electron chi connectivity index (χ3n) is 9.31. The van der Waals surface area contributed by atoms with Crippen LogP contribution in [-0.4, -0.2) is 97.7 Å². The Hall–Kier alpha value is -5.64. The van der Waals surface area contributed by atoms with Crippen LogP contribution in [0.4, 0.5) is 10.1 Å². The maximum atomic E-state index is 14.9. The van der Waals surface area contributed by atoms with Crippen molar-refractivity contribution in [2.24, 2.45) is 11.8 Å². The number of aliphatic hydroxyl groups excluding tert-OH is 1. The monoisotopic (exact) mass is 760 g/mol. The summed E-state index contributed by atoms with van der Waals surface area (Å²) in [6, 6.07) is 6.34. The molecular weight excluding hydrogens is 711 g/mol. The van der Waals surface area contributed by atoms with E-state index in [-0.39, 0.29) is 62.3 Å². The summed E-state index contributed by atoms with van der Waals surface area (Å²) in [5.74, 6) is -2.99. The molecule has 294 valence electrons. The fraction of sp³-hybridized carbons (Fsp3) is 0.462. The number of benzene rings is 1. The number of rotatable bonds is 7. The number of cyclic esters (lactones) is 1. The SMILES string of the molecule is CC1=C[C@@H](O)C[C@@H](F)Cc2nc(co2)C(=O)N2CCC[C@@H]2C(=O)O[C@H](C(C)C)[C@H](CC(=O)NCCn2cc(-c3cccc(N)c3)nn2)/C=C/C(=O)NCC=C1. The van der Waals surface area contributed by atoms with Gasteiger partial charge in [0.25, 0.3) is 5.91 Å². The summed E-state index contributed by atoms with van der Waals surface area (Å²) in [4.78, 5) is 59.1. The Labute approximate surface area is 318 Å². The van der Waals surface area contributed by atoms with Gasteiger partial charge in [-0.2, -0.15) is 0 Å². The normalized spacial score (nSPS) is 23.8. The topological polar surface area (TPSA) is 208 Å². The van der Waals surface area contributed by atoms with Crippen LogP contribution in [0.1, 0.15) is 62.8 Å². The fourth-order valence-electron chi connectivity index (χ4n) is 6.60. The average Bonchev–Trinajstić information content (AvgIpc) is 3.92. The number of carbonyl (C=O) groups excluding carboxylic acids is 4. The largest absolute Gasteiger partial charge is 0.460 e. The van der Waals surface area contributed by atoms with E-state index in [0.29, 0.717) is 36.3 Å². The second-order valence-electron chi connectivity index (χ2n) is 14.2. The van der Waals surface area contributed by atoms with Gasteiger partial charge in [0.05, 0.1) is 25.3 Å². The van der Waals surface area contributed by atoms with E-state index in [4.69, 9.17) is 14.9 Å². The van der Waals surface area contributed by atoms with E-state index in [0.717, 1.165) is 11.8 Å². The van der Waals surface area contributed by atoms with Crippen LogP contribution in [0.25, 0.3) is 11.3 Å². The van der Waals surface area contributed by atoms with E-state index >= 15 is 0 Å². The summed E-state index contributed by atoms with van der Waals surface area (Å²) in [5, 5.41) is 24.4. The lowest BCUT2D eigenvalue weighted by Crippen LogP contribution is -2.44. The lowest BCUT2D eigenvalue weighted by Gasteiger charge is -2.30. The van der Waals surface area contributed by atoms with Crippen LogP contribution in [0.5, 0.6) is 0 Å². The van der Waals surface area contributed by atoms with Crippen molar-refractivity contribution in [1.29, 1.82) is 0 Å². The highest BCUT2D eigenvalue weighted by Gasteiger charge is 2.39. The number of aliphatic hydroxyl groups is 1. The number of nitrogens with zero attached hydrogens (tertiary/aromatic N) is 5. The molecule has 0 aliphatic carbocycles. The zero-order valence-electron chi connectivity index (χ0n) is 31.3. The van der Waals surface area contributed by atoms with Crippen molar-refractivity contribution in [2.45, 2.75) is 83.8 Å². The van der Waals surface area contributed by atoms with Gasteiger partial charge in [-0.05, 0) is 43.9 Å². The number of ether oxygens (including phenoxy) is 1. The zero-order valence-corrected chi connectivity index (χ0v) is 31.3. The average molecular weight is 761 g/mol. The Balaban J connectivity index is 1.32. The minimum Gasteiger partial charge on any atom is -0.460 e. The highest BCUT2D eigenvalue weighted by atomic mass is 19.1. The molecule has 2 aliphatic heterocycles. The Kier molecular flexibility index (Phi) is 14.1. The molecule has 0 radical (unpaired) electrons. The number of oxazole rings is 1. The van der Waals surface area contributed by atoms with Crippen LogP contribution in [0.2, 0.25) is 0 Å². The molecule has 2 aliphatic rings. The first-order valence-corrected chi connectivity index (χ1v) is 18.5. The zero-order chi connectivity index (χ0) is 39.5. The van der Waals surface area contributed by atoms with Crippen LogP contribution in [-0.2, 0) is 32.1 Å². The second kappa shape index (κ2) is 19.1. The summed E-state index contributed by atoms with van der Waals surface area (Å²) < 4.78 is 27.9. The number of carbonyl (C=O) groups is 4. The molecule has 1 saturated heterocycles. The number of nitrogens with one attached hydrogen (secondary N) is 2. The highest BCUT2D eigenvalue weighted by molar-refractivity contribution is 5.95. The summed E-state index contributed by atoms with van der Waals surface area (Å²) >= 11 is 0. The molecule has 0 saturated carbocycles. The fourth-order valence-corrected chi connectivity index (χ4v) is 6.60. The van der Waals surface area contributed by atoms with Gasteiger partial charge < -0.3 is 35.5 Å². The Morgan fingerprint density at radius 3 is 2.80 bits per heavy atom. The third-order valence-corrected chi connectivity index (χ3v) is 9.31. The number of anilines is 1. The molecule has 4 heterocycles. The Morgan fingerprint density at radius 2 is 2.02 bits per heavy atom. The molecule has 0 unspecified atom stereocenters. The first kappa shape index (κ1) is 40.5. The predicted octanol–water partition coefficient (Wildman–Crippen LogP) is 3.33. The standard InChI is InChI=1S/C39H49FN8O7/c1-24(2)37-27(19-35(51)43-14-16-47-22-31(45-46-47)26-8-4-9-29(41)18-26)11-12-34(50)42-13-5-7-25(3)17-30(49)20-28(40)21-36-44-32(23-54-36)38(52)48-15-6-10-33(48)39(53)55-37/h4-5,7-9,11-12,17-18,22-24,27-28,30,33,37,49H,6,10,13-16,19-21,41H2,1-3H3,(H,42,50)(H,43,51)/b7-5?,12-11+,25-17?/t27-,28+,30+,33+,37+/m0/s1. The molecule has 1 aromatic carbocycles. The quantitative estimate of drug-likeness (QED) is 0.203. The van der Waals surface area contributed by atoms with Crippen molar-refractivity contribution in [2.75, 3.05) is 25.4 Å². The molecule has 2 bridgehead atoms. The lowest BCUT2D eigenvalue weighted by molar-refractivity contribution is -0.159. The van der Waals surface area contributed by atoms with Crippen molar-refractivity contribution in [3.8, 4) is 11.3 Å². The van der Waals surface area contributed by atoms with E-state index in [1.165, 1.54) is 17.1 Å². The molecule has 3 aromatic rings. The van der Waals surface area contributed by atoms with Gasteiger partial charge in [0.1, 0.15) is 30.3 Å². The maximum absolute atomic E-state index is 14.9. The molecule has 5 N–H and O–H groups in total. The number of allylic oxidation sites excluding steroid dienone is 2. The van der Waals surface area contributed by atoms with Gasteiger partial charge in [0.15, 0.2) is 11.6 Å². The van der Waals surface area contributed by atoms with Gasteiger partial charge in [-0.3, -0.25) is 19.1 Å². The Bertz CT molecular complexity index is 1900. The summed E-state index contributed by atoms with van der Waals surface area (Å²) in [7, 11) is 0. The molecule has 5 atom stereocenters. The number of esters is 1. The van der Waals surface area contributed by atoms with Crippen LogP contribution < -0.4 is 16.4 Å². The summed E-state index contributed by atoms with van der Waals surface area (Å²) in [5.41, 5.74) is 8.53. The first-order valence-electron chi connectivity index (χ1n) is 18.5. The number of fused-ring (bicyclic) bond motifs is 3. The minimum absolute atomic E-state index is 0.00675. The van der Waals surface area contributed by atoms with Crippen molar-refractivity contribution in [3.05, 3.63) is 84.3 Å². The number of halogens is 1. The highest BCUT2D eigenvalue weighted by Crippen LogP contribution is 2.27. The van der Waals surface area contributed by atoms with Gasteiger partial charge >= 0.3 is 5.97 Å². The molecule has 3 amide bonds. The van der Waals surface area contributed by atoms with Crippen LogP contribution in [0.3, 0.4) is 0 Å². The number of hydrogen-bond acceptors (Lipinski definition) is 11. The Morgan fingerprint density at radius 1 is 1.20 bits per heavy atom. The predicted molar refractivity (Wildman–Crippen MR) is 201 cm³/mol. The van der Waals surface area contributed by atoms with Gasteiger partial charge in [-0.15, -0.1) is 5.10 Å². The number of nitrogen functional groups attached to an aromatic ring is 1. The molecule has 2 aromatic heterocycles. The number of amides is 3. The minimum atomic E-state index is -1.50. The van der Waals surface area contributed by atoms with Gasteiger partial charge in [-0.1, -0.05) is 61.1 Å². The maximum Gasteiger partial charge on any atom is 0.329 e. The van der Waals surface area contributed by atoms with E-state index < -0.39 is 48.1 Å². The first-order chi connectivity index (χ1) is 26.4. The number of nitrogens with two attached hydrogens (primary N) is 1. The molecule has 15 nitrogen and oxygen atoms in total. The number of hydrogen-bond donors (Lipinski definition) is 4. The van der Waals surface area contributed by atoms with Crippen LogP contribution in [0.15, 0.2) is 77.1 Å². The molecular formula is C39H49FN8O7. The van der Waals surface area contributed by atoms with Gasteiger partial charge in [0, 0.05) is 49.6 Å². The van der Waals surface area contributed by atoms with E-state index in [1.807, 2.05) is 26.0 Å². The summed E-state index contributed by atoms with van der Waals surface area (Å²) in [6.07, 6.45) is 7.49. The van der Waals surface area contributed by atoms with Crippen molar-refractivity contribution < 1.29 is 37.8 Å². The number of alkyl halides is 1. The lowest BCUT2D eigenvalue weighted by atomic mass is 9.89. The molecule has 55 heavy (non-hydrogen) atoms. The molecule has 1 fully saturated rings. The van der Waals surface area contributed by atoms with E-state index in [9.17, 15) is 28.7 Å². The number of aromatic nitrogens is 4. The smallest absolute Gasteiger partial charge is 0.329 e. The molecule has 16 heteroatoms. The molecule has 5 rings (SSSR count). The van der Waals surface area contributed by atoms with Crippen molar-refractivity contribution in [1.82, 2.24) is 35.5 Å². The second-order valence-corrected chi connectivity index (χ2v) is 14.2.